The van der Waals surface area contributed by atoms with Crippen molar-refractivity contribution in [2.24, 2.45) is 0 Å². The first-order valence-electron chi connectivity index (χ1n) is 8.04. The van der Waals surface area contributed by atoms with Crippen LogP contribution < -0.4 is 0 Å². The maximum atomic E-state index is 13.6. The highest BCUT2D eigenvalue weighted by atomic mass is 19.1. The summed E-state index contributed by atoms with van der Waals surface area (Å²) in [5.74, 6) is -0.292. The Morgan fingerprint density at radius 1 is 1.12 bits per heavy atom. The van der Waals surface area contributed by atoms with Crippen LogP contribution in [0.15, 0.2) is 59.1 Å². The molecular weight excluding hydrogens is 299 g/mol. The SMILES string of the molecule is C=C(/C=C\C(C)=C/C)c1c(C)cc(C)c2c1oc1cc(F)ccc12. The van der Waals surface area contributed by atoms with E-state index in [1.54, 1.807) is 6.07 Å². The summed E-state index contributed by atoms with van der Waals surface area (Å²) in [6.07, 6.45) is 6.08. The van der Waals surface area contributed by atoms with Gasteiger partial charge >= 0.3 is 0 Å². The highest BCUT2D eigenvalue weighted by Gasteiger charge is 2.17. The Balaban J connectivity index is 2.30. The van der Waals surface area contributed by atoms with Crippen LogP contribution in [-0.4, -0.2) is 0 Å². The molecule has 1 aromatic heterocycles. The summed E-state index contributed by atoms with van der Waals surface area (Å²) in [5, 5.41) is 1.97. The average Bonchev–Trinajstić information content (AvgIpc) is 2.90. The minimum atomic E-state index is -0.292. The minimum absolute atomic E-state index is 0.292. The molecule has 0 unspecified atom stereocenters. The maximum absolute atomic E-state index is 13.6. The monoisotopic (exact) mass is 320 g/mol. The van der Waals surface area contributed by atoms with Gasteiger partial charge in [0.15, 0.2) is 0 Å². The second kappa shape index (κ2) is 6.12. The van der Waals surface area contributed by atoms with E-state index >= 15 is 0 Å². The van der Waals surface area contributed by atoms with Crippen molar-refractivity contribution in [2.45, 2.75) is 27.7 Å². The van der Waals surface area contributed by atoms with E-state index in [0.717, 1.165) is 38.6 Å². The van der Waals surface area contributed by atoms with E-state index in [9.17, 15) is 4.39 Å². The van der Waals surface area contributed by atoms with Crippen molar-refractivity contribution in [3.63, 3.8) is 0 Å². The maximum Gasteiger partial charge on any atom is 0.143 e. The molecule has 0 fully saturated rings. The lowest BCUT2D eigenvalue weighted by Gasteiger charge is -2.09. The lowest BCUT2D eigenvalue weighted by atomic mass is 9.94. The molecule has 3 rings (SSSR count). The second-order valence-corrected chi connectivity index (χ2v) is 6.22. The summed E-state index contributed by atoms with van der Waals surface area (Å²) in [6.45, 7) is 12.4. The Bertz CT molecular complexity index is 1020. The Morgan fingerprint density at radius 3 is 2.58 bits per heavy atom. The van der Waals surface area contributed by atoms with Crippen molar-refractivity contribution >= 4 is 27.5 Å². The van der Waals surface area contributed by atoms with Crippen molar-refractivity contribution in [3.8, 4) is 0 Å². The number of rotatable bonds is 3. The zero-order valence-corrected chi connectivity index (χ0v) is 14.5. The summed E-state index contributed by atoms with van der Waals surface area (Å²) in [6, 6.07) is 6.83. The van der Waals surface area contributed by atoms with Gasteiger partial charge in [-0.25, -0.2) is 4.39 Å². The number of aryl methyl sites for hydroxylation is 2. The third-order valence-corrected chi connectivity index (χ3v) is 4.42. The largest absolute Gasteiger partial charge is 0.455 e. The van der Waals surface area contributed by atoms with Gasteiger partial charge in [0.25, 0.3) is 0 Å². The van der Waals surface area contributed by atoms with Crippen molar-refractivity contribution in [3.05, 3.63) is 77.2 Å². The van der Waals surface area contributed by atoms with Crippen LogP contribution in [0.25, 0.3) is 27.5 Å². The molecule has 0 aliphatic carbocycles. The topological polar surface area (TPSA) is 13.1 Å². The van der Waals surface area contributed by atoms with Crippen LogP contribution in [0.4, 0.5) is 4.39 Å². The predicted octanol–water partition coefficient (Wildman–Crippen LogP) is 6.88. The van der Waals surface area contributed by atoms with E-state index in [1.807, 2.05) is 32.1 Å². The highest BCUT2D eigenvalue weighted by Crippen LogP contribution is 2.38. The molecule has 0 aliphatic rings. The molecule has 0 saturated carbocycles. The van der Waals surface area contributed by atoms with Crippen molar-refractivity contribution in [1.82, 2.24) is 0 Å². The van der Waals surface area contributed by atoms with Gasteiger partial charge in [-0.05, 0) is 56.5 Å². The van der Waals surface area contributed by atoms with Gasteiger partial charge in [-0.2, -0.15) is 0 Å². The third-order valence-electron chi connectivity index (χ3n) is 4.42. The fourth-order valence-corrected chi connectivity index (χ4v) is 3.10. The molecule has 24 heavy (non-hydrogen) atoms. The predicted molar refractivity (Wildman–Crippen MR) is 101 cm³/mol. The van der Waals surface area contributed by atoms with Gasteiger partial charge in [0.2, 0.25) is 0 Å². The van der Waals surface area contributed by atoms with Crippen molar-refractivity contribution in [2.75, 3.05) is 0 Å². The molecule has 2 aromatic carbocycles. The van der Waals surface area contributed by atoms with Gasteiger partial charge in [-0.1, -0.05) is 36.4 Å². The average molecular weight is 320 g/mol. The fourth-order valence-electron chi connectivity index (χ4n) is 3.10. The van der Waals surface area contributed by atoms with E-state index < -0.39 is 0 Å². The number of furan rings is 1. The molecule has 122 valence electrons. The molecule has 0 aliphatic heterocycles. The number of benzene rings is 2. The first-order chi connectivity index (χ1) is 11.4. The van der Waals surface area contributed by atoms with Gasteiger partial charge in [0.05, 0.1) is 0 Å². The van der Waals surface area contributed by atoms with Gasteiger partial charge in [0.1, 0.15) is 17.0 Å². The minimum Gasteiger partial charge on any atom is -0.455 e. The van der Waals surface area contributed by atoms with E-state index in [1.165, 1.54) is 17.7 Å². The summed E-state index contributed by atoms with van der Waals surface area (Å²) in [4.78, 5) is 0. The Morgan fingerprint density at radius 2 is 1.88 bits per heavy atom. The smallest absolute Gasteiger partial charge is 0.143 e. The molecule has 0 saturated heterocycles. The molecular formula is C22H21FO. The Labute approximate surface area is 141 Å². The number of hydrogen-bond acceptors (Lipinski definition) is 1. The Kier molecular flexibility index (Phi) is 4.15. The zero-order valence-electron chi connectivity index (χ0n) is 14.5. The highest BCUT2D eigenvalue weighted by molar-refractivity contribution is 6.10. The summed E-state index contributed by atoms with van der Waals surface area (Å²) >= 11 is 0. The molecule has 0 bridgehead atoms. The van der Waals surface area contributed by atoms with Gasteiger partial charge in [-0.15, -0.1) is 0 Å². The molecule has 1 nitrogen and oxygen atoms in total. The van der Waals surface area contributed by atoms with Crippen molar-refractivity contribution < 1.29 is 8.81 Å². The van der Waals surface area contributed by atoms with Crippen LogP contribution in [0.2, 0.25) is 0 Å². The second-order valence-electron chi connectivity index (χ2n) is 6.22. The Hall–Kier alpha value is -2.61. The van der Waals surface area contributed by atoms with Gasteiger partial charge in [-0.3, -0.25) is 0 Å². The van der Waals surface area contributed by atoms with Gasteiger partial charge < -0.3 is 4.42 Å². The number of allylic oxidation sites excluding steroid dienone is 5. The van der Waals surface area contributed by atoms with E-state index in [0.29, 0.717) is 5.58 Å². The van der Waals surface area contributed by atoms with Crippen LogP contribution in [-0.2, 0) is 0 Å². The summed E-state index contributed by atoms with van der Waals surface area (Å²) in [5.41, 5.74) is 6.61. The third kappa shape index (κ3) is 2.69. The molecule has 2 heteroatoms. The van der Waals surface area contributed by atoms with Crippen LogP contribution in [0.1, 0.15) is 30.5 Å². The summed E-state index contributed by atoms with van der Waals surface area (Å²) in [7, 11) is 0. The van der Waals surface area contributed by atoms with E-state index in [4.69, 9.17) is 4.42 Å². The molecule has 0 N–H and O–H groups in total. The standard InChI is InChI=1S/C22H21FO/c1-6-13(2)7-8-14(3)20-15(4)11-16(5)21-18-10-9-17(23)12-19(18)24-22(20)21/h6-12H,3H2,1-2,4-5H3/b8-7-,13-6-. The van der Waals surface area contributed by atoms with E-state index in [-0.39, 0.29) is 5.82 Å². The first-order valence-corrected chi connectivity index (χ1v) is 8.04. The molecule has 0 atom stereocenters. The molecule has 1 heterocycles. The normalized spacial score (nSPS) is 12.6. The molecule has 0 radical (unpaired) electrons. The zero-order chi connectivity index (χ0) is 17.4. The van der Waals surface area contributed by atoms with Crippen molar-refractivity contribution in [1.29, 1.82) is 0 Å². The lowest BCUT2D eigenvalue weighted by molar-refractivity contribution is 0.618. The van der Waals surface area contributed by atoms with Crippen LogP contribution in [0.3, 0.4) is 0 Å². The number of halogens is 1. The molecule has 0 amide bonds. The number of hydrogen-bond donors (Lipinski definition) is 0. The lowest BCUT2D eigenvalue weighted by Crippen LogP contribution is -1.89. The number of fused-ring (bicyclic) bond motifs is 3. The van der Waals surface area contributed by atoms with Crippen LogP contribution >= 0.6 is 0 Å². The fraction of sp³-hybridized carbons (Fsp3) is 0.182. The van der Waals surface area contributed by atoms with Gasteiger partial charge in [0, 0.05) is 22.4 Å². The summed E-state index contributed by atoms with van der Waals surface area (Å²) < 4.78 is 19.6. The van der Waals surface area contributed by atoms with Crippen LogP contribution in [0.5, 0.6) is 0 Å². The van der Waals surface area contributed by atoms with E-state index in [2.05, 4.69) is 26.5 Å². The van der Waals surface area contributed by atoms with Crippen LogP contribution in [0, 0.1) is 19.7 Å². The first kappa shape index (κ1) is 16.3. The quantitative estimate of drug-likeness (QED) is 0.479. The molecule has 0 spiro atoms. The molecule has 3 aromatic rings.